The minimum atomic E-state index is -2.82. The first-order valence-electron chi connectivity index (χ1n) is 12.5. The van der Waals surface area contributed by atoms with Gasteiger partial charge in [0.05, 0.1) is 5.16 Å². The van der Waals surface area contributed by atoms with Crippen molar-refractivity contribution in [2.45, 2.75) is 135 Å². The second-order valence-electron chi connectivity index (χ2n) is 8.77. The van der Waals surface area contributed by atoms with Crippen LogP contribution in [0, 0.1) is 0 Å². The molecule has 0 spiro atoms. The quantitative estimate of drug-likeness (QED) is 0.131. The van der Waals surface area contributed by atoms with Crippen LogP contribution in [0.25, 0.3) is 0 Å². The van der Waals surface area contributed by atoms with Crippen LogP contribution in [0.1, 0.15) is 129 Å². The highest BCUT2D eigenvalue weighted by Crippen LogP contribution is 2.30. The molecule has 0 aromatic heterocycles. The van der Waals surface area contributed by atoms with E-state index in [-0.39, 0.29) is 12.4 Å². The highest BCUT2D eigenvalue weighted by Gasteiger charge is 2.56. The van der Waals surface area contributed by atoms with Gasteiger partial charge in [-0.3, -0.25) is 0 Å². The summed E-state index contributed by atoms with van der Waals surface area (Å²) >= 11 is 0. The van der Waals surface area contributed by atoms with E-state index in [1.165, 1.54) is 89.9 Å². The average Bonchev–Trinajstić information content (AvgIpc) is 2.72. The van der Waals surface area contributed by atoms with Crippen molar-refractivity contribution in [3.05, 3.63) is 0 Å². The fourth-order valence-corrected chi connectivity index (χ4v) is 7.31. The maximum Gasteiger partial charge on any atom is 0.521 e. The lowest BCUT2D eigenvalue weighted by Crippen LogP contribution is -2.68. The molecule has 30 heavy (non-hydrogen) atoms. The maximum atomic E-state index is 6.76. The van der Waals surface area contributed by atoms with E-state index in [0.717, 1.165) is 25.7 Å². The molecule has 0 aromatic carbocycles. The van der Waals surface area contributed by atoms with Crippen molar-refractivity contribution in [1.82, 2.24) is 0 Å². The Morgan fingerprint density at radius 2 is 0.867 bits per heavy atom. The SMILES string of the molecule is CCCCCCCCCCCCCCCCCC(N)(CCC)[Si](OC)(OC)OC.Cl. The number of unbranched alkanes of at least 4 members (excludes halogenated alkanes) is 14. The average molecular weight is 468 g/mol. The molecular weight excluding hydrogens is 414 g/mol. The molecule has 4 nitrogen and oxygen atoms in total. The molecule has 1 unspecified atom stereocenters. The molecular formula is C24H54ClNO3Si. The summed E-state index contributed by atoms with van der Waals surface area (Å²) in [7, 11) is 2.19. The van der Waals surface area contributed by atoms with Crippen molar-refractivity contribution in [2.75, 3.05) is 21.3 Å². The molecule has 1 atom stereocenters. The van der Waals surface area contributed by atoms with E-state index >= 15 is 0 Å². The highest BCUT2D eigenvalue weighted by molar-refractivity contribution is 6.64. The van der Waals surface area contributed by atoms with Crippen LogP contribution in [-0.4, -0.2) is 35.3 Å². The first kappa shape index (κ1) is 32.5. The van der Waals surface area contributed by atoms with Crippen LogP contribution < -0.4 is 5.73 Å². The molecule has 0 saturated carbocycles. The van der Waals surface area contributed by atoms with Gasteiger partial charge in [-0.2, -0.15) is 0 Å². The van der Waals surface area contributed by atoms with Gasteiger partial charge in [-0.15, -0.1) is 12.4 Å². The fraction of sp³-hybridized carbons (Fsp3) is 1.00. The summed E-state index contributed by atoms with van der Waals surface area (Å²) in [5.41, 5.74) is 6.76. The lowest BCUT2D eigenvalue weighted by Gasteiger charge is -2.41. The highest BCUT2D eigenvalue weighted by atomic mass is 35.5. The standard InChI is InChI=1S/C24H53NO3Si.ClH/c1-6-8-9-10-11-12-13-14-15-16-17-18-19-20-21-23-24(25,22-7-2)29(26-3,27-4)28-5;/h6-23,25H2,1-5H3;1H. The maximum absolute atomic E-state index is 6.76. The second kappa shape index (κ2) is 21.2. The van der Waals surface area contributed by atoms with Gasteiger partial charge in [-0.25, -0.2) is 0 Å². The zero-order valence-corrected chi connectivity index (χ0v) is 22.8. The van der Waals surface area contributed by atoms with E-state index in [9.17, 15) is 0 Å². The topological polar surface area (TPSA) is 53.7 Å². The molecule has 0 amide bonds. The predicted octanol–water partition coefficient (Wildman–Crippen LogP) is 7.58. The Bertz CT molecular complexity index is 351. The molecule has 0 aliphatic heterocycles. The molecule has 0 heterocycles. The minimum absolute atomic E-state index is 0. The second-order valence-corrected chi connectivity index (χ2v) is 12.1. The van der Waals surface area contributed by atoms with Crippen LogP contribution in [-0.2, 0) is 13.3 Å². The van der Waals surface area contributed by atoms with Gasteiger partial charge in [0.15, 0.2) is 0 Å². The third kappa shape index (κ3) is 13.0. The van der Waals surface area contributed by atoms with Gasteiger partial charge < -0.3 is 19.0 Å². The van der Waals surface area contributed by atoms with Gasteiger partial charge in [-0.05, 0) is 12.8 Å². The van der Waals surface area contributed by atoms with Crippen LogP contribution in [0.5, 0.6) is 0 Å². The van der Waals surface area contributed by atoms with Crippen LogP contribution in [0.4, 0.5) is 0 Å². The van der Waals surface area contributed by atoms with E-state index in [0.29, 0.717) is 0 Å². The molecule has 0 bridgehead atoms. The smallest absolute Gasteiger partial charge is 0.376 e. The first-order valence-corrected chi connectivity index (χ1v) is 14.2. The zero-order chi connectivity index (χ0) is 21.8. The van der Waals surface area contributed by atoms with Gasteiger partial charge in [0.25, 0.3) is 0 Å². The summed E-state index contributed by atoms with van der Waals surface area (Å²) in [6, 6.07) is 0. The fourth-order valence-electron chi connectivity index (χ4n) is 4.55. The van der Waals surface area contributed by atoms with Crippen molar-refractivity contribution in [3.63, 3.8) is 0 Å². The summed E-state index contributed by atoms with van der Waals surface area (Å²) in [5.74, 6) is 0. The lowest BCUT2D eigenvalue weighted by molar-refractivity contribution is 0.0852. The van der Waals surface area contributed by atoms with Gasteiger partial charge in [0.1, 0.15) is 0 Å². The number of nitrogens with two attached hydrogens (primary N) is 1. The minimum Gasteiger partial charge on any atom is -0.376 e. The molecule has 0 rings (SSSR count). The Morgan fingerprint density at radius 3 is 1.17 bits per heavy atom. The summed E-state index contributed by atoms with van der Waals surface area (Å²) in [5, 5.41) is -0.476. The molecule has 0 aromatic rings. The van der Waals surface area contributed by atoms with Gasteiger partial charge in [0.2, 0.25) is 0 Å². The van der Waals surface area contributed by atoms with Gasteiger partial charge >= 0.3 is 8.80 Å². The van der Waals surface area contributed by atoms with E-state index < -0.39 is 14.0 Å². The third-order valence-corrected chi connectivity index (χ3v) is 9.67. The zero-order valence-electron chi connectivity index (χ0n) is 20.9. The first-order chi connectivity index (χ1) is 14.1. The van der Waals surface area contributed by atoms with Crippen LogP contribution in [0.2, 0.25) is 0 Å². The molecule has 0 saturated heterocycles. The lowest BCUT2D eigenvalue weighted by atomic mass is 10.0. The van der Waals surface area contributed by atoms with E-state index in [1.807, 2.05) is 0 Å². The van der Waals surface area contributed by atoms with Crippen LogP contribution in [0.15, 0.2) is 0 Å². The van der Waals surface area contributed by atoms with E-state index in [1.54, 1.807) is 21.3 Å². The van der Waals surface area contributed by atoms with E-state index in [2.05, 4.69) is 13.8 Å². The molecule has 0 aliphatic carbocycles. The summed E-state index contributed by atoms with van der Waals surface area (Å²) in [6.45, 7) is 4.45. The Morgan fingerprint density at radius 1 is 0.533 bits per heavy atom. The number of hydrogen-bond acceptors (Lipinski definition) is 4. The molecule has 0 radical (unpaired) electrons. The van der Waals surface area contributed by atoms with Crippen molar-refractivity contribution in [2.24, 2.45) is 5.73 Å². The van der Waals surface area contributed by atoms with E-state index in [4.69, 9.17) is 19.0 Å². The molecule has 184 valence electrons. The van der Waals surface area contributed by atoms with Crippen molar-refractivity contribution < 1.29 is 13.3 Å². The molecule has 6 heteroatoms. The molecule has 0 aliphatic rings. The van der Waals surface area contributed by atoms with Crippen molar-refractivity contribution in [1.29, 1.82) is 0 Å². The summed E-state index contributed by atoms with van der Waals surface area (Å²) in [4.78, 5) is 0. The van der Waals surface area contributed by atoms with Crippen LogP contribution in [0.3, 0.4) is 0 Å². The van der Waals surface area contributed by atoms with Crippen molar-refractivity contribution in [3.8, 4) is 0 Å². The van der Waals surface area contributed by atoms with Crippen molar-refractivity contribution >= 4 is 21.2 Å². The molecule has 2 N–H and O–H groups in total. The third-order valence-electron chi connectivity index (χ3n) is 6.34. The Labute approximate surface area is 196 Å². The number of hydrogen-bond donors (Lipinski definition) is 1. The van der Waals surface area contributed by atoms with Gasteiger partial charge in [-0.1, -0.05) is 117 Å². The Kier molecular flexibility index (Phi) is 23.0. The largest absolute Gasteiger partial charge is 0.521 e. The summed E-state index contributed by atoms with van der Waals surface area (Å²) in [6.07, 6.45) is 23.4. The monoisotopic (exact) mass is 467 g/mol. The Balaban J connectivity index is 0. The number of halogens is 1. The Hall–Kier alpha value is 0.347. The summed E-state index contributed by atoms with van der Waals surface area (Å²) < 4.78 is 17.1. The molecule has 0 fully saturated rings. The predicted molar refractivity (Wildman–Crippen MR) is 135 cm³/mol. The van der Waals surface area contributed by atoms with Gasteiger partial charge in [0, 0.05) is 21.3 Å². The normalized spacial score (nSPS) is 13.8. The number of rotatable bonds is 22. The van der Waals surface area contributed by atoms with Crippen LogP contribution >= 0.6 is 12.4 Å².